The second kappa shape index (κ2) is 9.38. The van der Waals surface area contributed by atoms with Crippen LogP contribution in [-0.4, -0.2) is 25.7 Å². The Hall–Kier alpha value is -4.78. The van der Waals surface area contributed by atoms with Crippen molar-refractivity contribution in [2.24, 2.45) is 7.05 Å². The SMILES string of the molecule is Cn1cc(-c2cc(Oc3cccc(NC(=O)c4cccc(-c5cccnc5)c4)c3)ccn2)cn1. The van der Waals surface area contributed by atoms with E-state index in [4.69, 9.17) is 4.74 Å². The molecule has 3 heterocycles. The van der Waals surface area contributed by atoms with Crippen molar-refractivity contribution in [2.75, 3.05) is 5.32 Å². The largest absolute Gasteiger partial charge is 0.457 e. The van der Waals surface area contributed by atoms with Gasteiger partial charge in [0.15, 0.2) is 0 Å². The molecule has 2 aromatic carbocycles. The number of ether oxygens (including phenoxy) is 1. The van der Waals surface area contributed by atoms with Crippen molar-refractivity contribution >= 4 is 11.6 Å². The lowest BCUT2D eigenvalue weighted by atomic mass is 10.0. The molecule has 7 heteroatoms. The summed E-state index contributed by atoms with van der Waals surface area (Å²) in [4.78, 5) is 21.4. The van der Waals surface area contributed by atoms with Crippen molar-refractivity contribution in [1.82, 2.24) is 19.7 Å². The normalized spacial score (nSPS) is 10.6. The summed E-state index contributed by atoms with van der Waals surface area (Å²) in [5.74, 6) is 1.04. The molecule has 0 aliphatic carbocycles. The van der Waals surface area contributed by atoms with Crippen LogP contribution in [0.2, 0.25) is 0 Å². The van der Waals surface area contributed by atoms with Crippen LogP contribution in [0.3, 0.4) is 0 Å². The van der Waals surface area contributed by atoms with E-state index in [1.54, 1.807) is 47.7 Å². The third-order valence-corrected chi connectivity index (χ3v) is 5.18. The van der Waals surface area contributed by atoms with Gasteiger partial charge in [-0.3, -0.25) is 19.4 Å². The quantitative estimate of drug-likeness (QED) is 0.367. The zero-order valence-corrected chi connectivity index (χ0v) is 18.4. The summed E-state index contributed by atoms with van der Waals surface area (Å²) in [5.41, 5.74) is 4.75. The van der Waals surface area contributed by atoms with Gasteiger partial charge >= 0.3 is 0 Å². The van der Waals surface area contributed by atoms with Gasteiger partial charge in [-0.15, -0.1) is 0 Å². The van der Waals surface area contributed by atoms with Crippen LogP contribution < -0.4 is 10.1 Å². The molecule has 0 aliphatic rings. The van der Waals surface area contributed by atoms with E-state index in [1.165, 1.54) is 0 Å². The molecule has 34 heavy (non-hydrogen) atoms. The lowest BCUT2D eigenvalue weighted by molar-refractivity contribution is 0.102. The Labute approximate surface area is 196 Å². The minimum atomic E-state index is -0.203. The predicted molar refractivity (Wildman–Crippen MR) is 131 cm³/mol. The number of aryl methyl sites for hydroxylation is 1. The van der Waals surface area contributed by atoms with Crippen LogP contribution in [0, 0.1) is 0 Å². The van der Waals surface area contributed by atoms with Gasteiger partial charge < -0.3 is 10.1 Å². The number of benzene rings is 2. The summed E-state index contributed by atoms with van der Waals surface area (Å²) in [6.45, 7) is 0. The van der Waals surface area contributed by atoms with E-state index in [-0.39, 0.29) is 5.91 Å². The minimum Gasteiger partial charge on any atom is -0.457 e. The monoisotopic (exact) mass is 447 g/mol. The van der Waals surface area contributed by atoms with E-state index in [0.29, 0.717) is 22.7 Å². The molecule has 1 N–H and O–H groups in total. The van der Waals surface area contributed by atoms with Crippen LogP contribution in [0.1, 0.15) is 10.4 Å². The third kappa shape index (κ3) is 4.83. The topological polar surface area (TPSA) is 81.9 Å². The number of carbonyl (C=O) groups excluding carboxylic acids is 1. The van der Waals surface area contributed by atoms with E-state index >= 15 is 0 Å². The van der Waals surface area contributed by atoms with Gasteiger partial charge in [-0.2, -0.15) is 5.10 Å². The highest BCUT2D eigenvalue weighted by Crippen LogP contribution is 2.27. The van der Waals surface area contributed by atoms with Crippen LogP contribution in [0.4, 0.5) is 5.69 Å². The fraction of sp³-hybridized carbons (Fsp3) is 0.0370. The molecule has 0 unspecified atom stereocenters. The molecule has 5 rings (SSSR count). The second-order valence-corrected chi connectivity index (χ2v) is 7.69. The molecular weight excluding hydrogens is 426 g/mol. The Morgan fingerprint density at radius 1 is 0.853 bits per heavy atom. The van der Waals surface area contributed by atoms with E-state index in [0.717, 1.165) is 22.4 Å². The van der Waals surface area contributed by atoms with Gasteiger partial charge in [0.2, 0.25) is 0 Å². The molecule has 5 aromatic rings. The smallest absolute Gasteiger partial charge is 0.255 e. The molecule has 1 amide bonds. The Morgan fingerprint density at radius 2 is 1.71 bits per heavy atom. The first-order valence-electron chi connectivity index (χ1n) is 10.7. The number of pyridine rings is 2. The first-order chi connectivity index (χ1) is 16.6. The standard InChI is InChI=1S/C27H21N5O2/c1-32-18-22(17-30-32)26-15-25(10-12-29-26)34-24-9-3-8-23(14-24)31-27(33)20-6-2-5-19(13-20)21-7-4-11-28-16-21/h2-18H,1H3,(H,31,33). The van der Waals surface area contributed by atoms with E-state index in [9.17, 15) is 4.79 Å². The molecule has 0 atom stereocenters. The summed E-state index contributed by atoms with van der Waals surface area (Å²) < 4.78 is 7.75. The maximum Gasteiger partial charge on any atom is 0.255 e. The van der Waals surface area contributed by atoms with E-state index < -0.39 is 0 Å². The average Bonchev–Trinajstić information content (AvgIpc) is 3.31. The molecule has 0 saturated heterocycles. The number of aromatic nitrogens is 4. The summed E-state index contributed by atoms with van der Waals surface area (Å²) >= 11 is 0. The van der Waals surface area contributed by atoms with Crippen molar-refractivity contribution in [3.63, 3.8) is 0 Å². The predicted octanol–water partition coefficient (Wildman–Crippen LogP) is 5.59. The van der Waals surface area contributed by atoms with Gasteiger partial charge in [-0.1, -0.05) is 24.3 Å². The lowest BCUT2D eigenvalue weighted by Crippen LogP contribution is -2.11. The summed E-state index contributed by atoms with van der Waals surface area (Å²) in [7, 11) is 1.86. The Bertz CT molecular complexity index is 1450. The van der Waals surface area contributed by atoms with Crippen LogP contribution in [0.25, 0.3) is 22.4 Å². The third-order valence-electron chi connectivity index (χ3n) is 5.18. The summed E-state index contributed by atoms with van der Waals surface area (Å²) in [6, 6.07) is 22.2. The van der Waals surface area contributed by atoms with Gasteiger partial charge in [-0.05, 0) is 42.0 Å². The zero-order valence-electron chi connectivity index (χ0n) is 18.4. The maximum atomic E-state index is 12.9. The van der Waals surface area contributed by atoms with Crippen LogP contribution in [0.5, 0.6) is 11.5 Å². The Balaban J connectivity index is 1.31. The number of amides is 1. The fourth-order valence-electron chi connectivity index (χ4n) is 3.54. The second-order valence-electron chi connectivity index (χ2n) is 7.69. The number of hydrogen-bond donors (Lipinski definition) is 1. The van der Waals surface area contributed by atoms with Crippen molar-refractivity contribution in [2.45, 2.75) is 0 Å². The summed E-state index contributed by atoms with van der Waals surface area (Å²) in [5, 5.41) is 7.13. The average molecular weight is 447 g/mol. The van der Waals surface area contributed by atoms with E-state index in [2.05, 4.69) is 20.4 Å². The first kappa shape index (κ1) is 21.1. The van der Waals surface area contributed by atoms with Crippen LogP contribution in [0.15, 0.2) is 104 Å². The number of nitrogens with one attached hydrogen (secondary N) is 1. The molecule has 7 nitrogen and oxygen atoms in total. The highest BCUT2D eigenvalue weighted by molar-refractivity contribution is 6.05. The molecule has 0 radical (unpaired) electrons. The van der Waals surface area contributed by atoms with E-state index in [1.807, 2.05) is 67.8 Å². The number of nitrogens with zero attached hydrogens (tertiary/aromatic N) is 4. The summed E-state index contributed by atoms with van der Waals surface area (Å²) in [6.07, 6.45) is 8.84. The molecular formula is C27H21N5O2. The molecule has 0 aliphatic heterocycles. The molecule has 0 bridgehead atoms. The van der Waals surface area contributed by atoms with Gasteiger partial charge in [-0.25, -0.2) is 0 Å². The lowest BCUT2D eigenvalue weighted by Gasteiger charge is -2.10. The Kier molecular flexibility index (Phi) is 5.82. The Morgan fingerprint density at radius 3 is 2.53 bits per heavy atom. The number of rotatable bonds is 6. The highest BCUT2D eigenvalue weighted by Gasteiger charge is 2.10. The van der Waals surface area contributed by atoms with Crippen molar-refractivity contribution in [1.29, 1.82) is 0 Å². The molecule has 0 spiro atoms. The van der Waals surface area contributed by atoms with Gasteiger partial charge in [0.25, 0.3) is 5.91 Å². The van der Waals surface area contributed by atoms with Gasteiger partial charge in [0.05, 0.1) is 11.9 Å². The molecule has 0 fully saturated rings. The zero-order chi connectivity index (χ0) is 23.3. The maximum absolute atomic E-state index is 12.9. The van der Waals surface area contributed by atoms with Crippen LogP contribution in [-0.2, 0) is 7.05 Å². The van der Waals surface area contributed by atoms with Crippen molar-refractivity contribution in [3.05, 3.63) is 109 Å². The minimum absolute atomic E-state index is 0.203. The molecule has 166 valence electrons. The van der Waals surface area contributed by atoms with Crippen molar-refractivity contribution < 1.29 is 9.53 Å². The number of hydrogen-bond acceptors (Lipinski definition) is 5. The molecule has 3 aromatic heterocycles. The van der Waals surface area contributed by atoms with Crippen molar-refractivity contribution in [3.8, 4) is 33.9 Å². The van der Waals surface area contributed by atoms with Crippen LogP contribution >= 0.6 is 0 Å². The van der Waals surface area contributed by atoms with Gasteiger partial charge in [0, 0.05) is 66.3 Å². The highest BCUT2D eigenvalue weighted by atomic mass is 16.5. The van der Waals surface area contributed by atoms with Gasteiger partial charge in [0.1, 0.15) is 11.5 Å². The fourth-order valence-corrected chi connectivity index (χ4v) is 3.54. The first-order valence-corrected chi connectivity index (χ1v) is 10.7. The number of anilines is 1. The molecule has 0 saturated carbocycles. The number of carbonyl (C=O) groups is 1.